The molecule has 40 heavy (non-hydrogen) atoms. The molecule has 4 aromatic rings. The van der Waals surface area contributed by atoms with Crippen molar-refractivity contribution in [2.45, 2.75) is 65.3 Å². The van der Waals surface area contributed by atoms with Crippen molar-refractivity contribution in [3.05, 3.63) is 106 Å². The number of aromatic nitrogens is 2. The predicted octanol–water partition coefficient (Wildman–Crippen LogP) is 5.85. The molecule has 0 aliphatic carbocycles. The van der Waals surface area contributed by atoms with Crippen LogP contribution in [0, 0.1) is 27.7 Å². The van der Waals surface area contributed by atoms with Crippen LogP contribution >= 0.6 is 0 Å². The molecule has 0 fully saturated rings. The molecule has 1 aromatic heterocycles. The van der Waals surface area contributed by atoms with Gasteiger partial charge in [-0.1, -0.05) is 78.7 Å². The van der Waals surface area contributed by atoms with Crippen LogP contribution in [0.25, 0.3) is 0 Å². The van der Waals surface area contributed by atoms with Gasteiger partial charge in [-0.05, 0) is 62.1 Å². The third-order valence-corrected chi connectivity index (χ3v) is 8.68. The van der Waals surface area contributed by atoms with Gasteiger partial charge >= 0.3 is 0 Å². The number of sulfonamides is 1. The summed E-state index contributed by atoms with van der Waals surface area (Å²) in [6.07, 6.45) is 0.502. The molecule has 3 aromatic carbocycles. The SMILES string of the molecule is Cc1ccc(CN(CC(=O)Nc2ccc(Cc3noc(C(C)C)n3)cc2)S(=O)(=O)c2c(C)cc(C)cc2C)cc1. The highest BCUT2D eigenvalue weighted by atomic mass is 32.2. The number of benzene rings is 3. The number of carbonyl (C=O) groups excluding carboxylic acids is 1. The number of anilines is 1. The van der Waals surface area contributed by atoms with Crippen LogP contribution in [0.15, 0.2) is 70.1 Å². The predicted molar refractivity (Wildman–Crippen MR) is 156 cm³/mol. The van der Waals surface area contributed by atoms with E-state index in [2.05, 4.69) is 15.5 Å². The molecular weight excluding hydrogens is 524 g/mol. The smallest absolute Gasteiger partial charge is 0.244 e. The van der Waals surface area contributed by atoms with Gasteiger partial charge < -0.3 is 9.84 Å². The highest BCUT2D eigenvalue weighted by molar-refractivity contribution is 7.89. The molecule has 0 radical (unpaired) electrons. The summed E-state index contributed by atoms with van der Waals surface area (Å²) in [6.45, 7) is 11.2. The number of amides is 1. The van der Waals surface area contributed by atoms with Crippen molar-refractivity contribution in [2.75, 3.05) is 11.9 Å². The molecule has 1 N–H and O–H groups in total. The van der Waals surface area contributed by atoms with Crippen molar-refractivity contribution in [3.8, 4) is 0 Å². The van der Waals surface area contributed by atoms with E-state index in [9.17, 15) is 13.2 Å². The fourth-order valence-corrected chi connectivity index (χ4v) is 6.44. The van der Waals surface area contributed by atoms with Gasteiger partial charge in [0.25, 0.3) is 0 Å². The average Bonchev–Trinajstić information content (AvgIpc) is 3.34. The Morgan fingerprint density at radius 2 is 1.50 bits per heavy atom. The average molecular weight is 561 g/mol. The molecule has 210 valence electrons. The minimum Gasteiger partial charge on any atom is -0.339 e. The highest BCUT2D eigenvalue weighted by Gasteiger charge is 2.30. The third kappa shape index (κ3) is 7.03. The van der Waals surface area contributed by atoms with Crippen molar-refractivity contribution in [2.24, 2.45) is 0 Å². The van der Waals surface area contributed by atoms with Crippen LogP contribution < -0.4 is 5.32 Å². The van der Waals surface area contributed by atoms with Crippen LogP contribution in [-0.2, 0) is 27.8 Å². The summed E-state index contributed by atoms with van der Waals surface area (Å²) in [4.78, 5) is 17.8. The Morgan fingerprint density at radius 1 is 0.900 bits per heavy atom. The number of hydrogen-bond acceptors (Lipinski definition) is 6. The first kappa shape index (κ1) is 29.2. The van der Waals surface area contributed by atoms with Crippen molar-refractivity contribution in [3.63, 3.8) is 0 Å². The summed E-state index contributed by atoms with van der Waals surface area (Å²) >= 11 is 0. The quantitative estimate of drug-likeness (QED) is 0.261. The molecule has 0 aliphatic rings. The molecule has 0 bridgehead atoms. The van der Waals surface area contributed by atoms with Gasteiger partial charge in [-0.15, -0.1) is 0 Å². The Hall–Kier alpha value is -3.82. The van der Waals surface area contributed by atoms with Gasteiger partial charge in [0.2, 0.25) is 21.8 Å². The van der Waals surface area contributed by atoms with E-state index in [1.165, 1.54) is 4.31 Å². The van der Waals surface area contributed by atoms with Gasteiger partial charge in [-0.25, -0.2) is 8.42 Å². The molecule has 0 saturated heterocycles. The molecule has 0 atom stereocenters. The number of hydrogen-bond donors (Lipinski definition) is 1. The first-order chi connectivity index (χ1) is 18.9. The standard InChI is InChI=1S/C31H36N4O4S/c1-20(2)31-33-28(34-39-31)17-25-11-13-27(14-12-25)32-29(36)19-35(18-26-9-7-21(3)8-10-26)40(37,38)30-23(5)15-22(4)16-24(30)6/h7-16,20H,17-19H2,1-6H3,(H,32,36). The maximum Gasteiger partial charge on any atom is 0.244 e. The summed E-state index contributed by atoms with van der Waals surface area (Å²) in [5.74, 6) is 0.928. The molecule has 4 rings (SSSR count). The fraction of sp³-hybridized carbons (Fsp3) is 0.323. The van der Waals surface area contributed by atoms with Gasteiger partial charge in [0, 0.05) is 24.6 Å². The Morgan fingerprint density at radius 3 is 2.08 bits per heavy atom. The third-order valence-electron chi connectivity index (χ3n) is 6.58. The van der Waals surface area contributed by atoms with E-state index in [1.807, 2.05) is 76.2 Å². The monoisotopic (exact) mass is 560 g/mol. The molecule has 0 saturated carbocycles. The van der Waals surface area contributed by atoms with E-state index >= 15 is 0 Å². The van der Waals surface area contributed by atoms with Crippen molar-refractivity contribution in [1.29, 1.82) is 0 Å². The Kier molecular flexibility index (Phi) is 8.85. The molecule has 1 heterocycles. The van der Waals surface area contributed by atoms with Crippen LogP contribution in [0.4, 0.5) is 5.69 Å². The van der Waals surface area contributed by atoms with Crippen LogP contribution in [0.1, 0.15) is 64.9 Å². The lowest BCUT2D eigenvalue weighted by atomic mass is 10.1. The van der Waals surface area contributed by atoms with Gasteiger partial charge in [0.15, 0.2) is 5.82 Å². The minimum absolute atomic E-state index is 0.0742. The van der Waals surface area contributed by atoms with Gasteiger partial charge in [0.1, 0.15) is 0 Å². The first-order valence-electron chi connectivity index (χ1n) is 13.3. The molecule has 0 aliphatic heterocycles. The molecule has 8 nitrogen and oxygen atoms in total. The topological polar surface area (TPSA) is 105 Å². The maximum atomic E-state index is 13.9. The molecule has 0 spiro atoms. The maximum absolute atomic E-state index is 13.9. The zero-order chi connectivity index (χ0) is 29.0. The lowest BCUT2D eigenvalue weighted by Crippen LogP contribution is -2.38. The van der Waals surface area contributed by atoms with E-state index in [0.717, 1.165) is 22.3 Å². The van der Waals surface area contributed by atoms with E-state index < -0.39 is 15.9 Å². The molecule has 1 amide bonds. The summed E-state index contributed by atoms with van der Waals surface area (Å²) in [6, 6.07) is 18.7. The summed E-state index contributed by atoms with van der Waals surface area (Å²) < 4.78 is 34.4. The zero-order valence-corrected chi connectivity index (χ0v) is 24.7. The molecule has 0 unspecified atom stereocenters. The molecular formula is C31H36N4O4S. The van der Waals surface area contributed by atoms with Gasteiger partial charge in [-0.2, -0.15) is 9.29 Å². The van der Waals surface area contributed by atoms with Crippen molar-refractivity contribution < 1.29 is 17.7 Å². The first-order valence-corrected chi connectivity index (χ1v) is 14.7. The number of carbonyl (C=O) groups is 1. The Balaban J connectivity index is 1.52. The van der Waals surface area contributed by atoms with Crippen LogP contribution in [-0.4, -0.2) is 35.3 Å². The number of aryl methyl sites for hydroxylation is 4. The fourth-order valence-electron chi connectivity index (χ4n) is 4.65. The highest BCUT2D eigenvalue weighted by Crippen LogP contribution is 2.27. The second kappa shape index (κ2) is 12.1. The summed E-state index contributed by atoms with van der Waals surface area (Å²) in [7, 11) is -3.97. The van der Waals surface area contributed by atoms with Crippen LogP contribution in [0.5, 0.6) is 0 Å². The Bertz CT molecular complexity index is 1570. The van der Waals surface area contributed by atoms with Crippen LogP contribution in [0.2, 0.25) is 0 Å². The summed E-state index contributed by atoms with van der Waals surface area (Å²) in [5, 5.41) is 6.87. The van der Waals surface area contributed by atoms with Gasteiger partial charge in [-0.3, -0.25) is 4.79 Å². The van der Waals surface area contributed by atoms with Crippen molar-refractivity contribution >= 4 is 21.6 Å². The minimum atomic E-state index is -3.97. The van der Waals surface area contributed by atoms with Crippen molar-refractivity contribution in [1.82, 2.24) is 14.4 Å². The number of rotatable bonds is 10. The van der Waals surface area contributed by atoms with Crippen LogP contribution in [0.3, 0.4) is 0 Å². The van der Waals surface area contributed by atoms with E-state index in [1.54, 1.807) is 26.0 Å². The van der Waals surface area contributed by atoms with Gasteiger partial charge in [0.05, 0.1) is 11.4 Å². The molecule has 9 heteroatoms. The number of nitrogens with zero attached hydrogens (tertiary/aromatic N) is 3. The normalized spacial score (nSPS) is 11.8. The second-order valence-corrected chi connectivity index (χ2v) is 12.5. The van der Waals surface area contributed by atoms with E-state index in [0.29, 0.717) is 35.0 Å². The summed E-state index contributed by atoms with van der Waals surface area (Å²) in [5.41, 5.74) is 5.71. The number of nitrogens with one attached hydrogen (secondary N) is 1. The Labute approximate surface area is 236 Å². The lowest BCUT2D eigenvalue weighted by Gasteiger charge is -2.24. The lowest BCUT2D eigenvalue weighted by molar-refractivity contribution is -0.116. The zero-order valence-electron chi connectivity index (χ0n) is 23.9. The van der Waals surface area contributed by atoms with E-state index in [-0.39, 0.29) is 23.9 Å². The second-order valence-electron chi connectivity index (χ2n) is 10.6. The largest absolute Gasteiger partial charge is 0.339 e. The van der Waals surface area contributed by atoms with E-state index in [4.69, 9.17) is 4.52 Å².